The SMILES string of the molecule is CN1CCc2c([nH]c3cc(F)ccc23)C1. The number of benzene rings is 1. The quantitative estimate of drug-likeness (QED) is 0.697. The van der Waals surface area contributed by atoms with Crippen molar-refractivity contribution in [2.24, 2.45) is 0 Å². The van der Waals surface area contributed by atoms with Gasteiger partial charge in [0.15, 0.2) is 0 Å². The summed E-state index contributed by atoms with van der Waals surface area (Å²) >= 11 is 0. The topological polar surface area (TPSA) is 19.0 Å². The number of likely N-dealkylation sites (N-methyl/N-ethyl adjacent to an activating group) is 1. The fraction of sp³-hybridized carbons (Fsp3) is 0.333. The van der Waals surface area contributed by atoms with Crippen molar-refractivity contribution in [1.29, 1.82) is 0 Å². The van der Waals surface area contributed by atoms with Gasteiger partial charge in [-0.3, -0.25) is 0 Å². The first kappa shape index (κ1) is 8.92. The van der Waals surface area contributed by atoms with Crippen molar-refractivity contribution in [3.63, 3.8) is 0 Å². The first-order chi connectivity index (χ1) is 7.24. The van der Waals surface area contributed by atoms with Crippen LogP contribution in [-0.4, -0.2) is 23.5 Å². The number of halogens is 1. The maximum Gasteiger partial charge on any atom is 0.125 e. The lowest BCUT2D eigenvalue weighted by Crippen LogP contribution is -2.26. The van der Waals surface area contributed by atoms with E-state index in [0.29, 0.717) is 0 Å². The Morgan fingerprint density at radius 3 is 3.13 bits per heavy atom. The summed E-state index contributed by atoms with van der Waals surface area (Å²) in [4.78, 5) is 5.58. The molecule has 0 amide bonds. The van der Waals surface area contributed by atoms with Gasteiger partial charge < -0.3 is 9.88 Å². The zero-order valence-electron chi connectivity index (χ0n) is 8.68. The molecule has 3 heteroatoms. The highest BCUT2D eigenvalue weighted by molar-refractivity contribution is 5.84. The average Bonchev–Trinajstić information content (AvgIpc) is 2.53. The molecule has 15 heavy (non-hydrogen) atoms. The van der Waals surface area contributed by atoms with E-state index >= 15 is 0 Å². The number of fused-ring (bicyclic) bond motifs is 3. The lowest BCUT2D eigenvalue weighted by Gasteiger charge is -2.22. The van der Waals surface area contributed by atoms with Crippen LogP contribution in [0.2, 0.25) is 0 Å². The minimum Gasteiger partial charge on any atom is -0.357 e. The lowest BCUT2D eigenvalue weighted by atomic mass is 10.0. The standard InChI is InChI=1S/C12H13FN2/c1-15-5-4-10-9-3-2-8(13)6-11(9)14-12(10)7-15/h2-3,6,14H,4-5,7H2,1H3. The fourth-order valence-electron chi connectivity index (χ4n) is 2.36. The third-order valence-electron chi connectivity index (χ3n) is 3.13. The van der Waals surface area contributed by atoms with Gasteiger partial charge in [0.05, 0.1) is 0 Å². The molecule has 1 aromatic heterocycles. The molecule has 3 rings (SSSR count). The van der Waals surface area contributed by atoms with Crippen LogP contribution >= 0.6 is 0 Å². The highest BCUT2D eigenvalue weighted by atomic mass is 19.1. The van der Waals surface area contributed by atoms with E-state index in [1.54, 1.807) is 6.07 Å². The van der Waals surface area contributed by atoms with Crippen LogP contribution in [0.4, 0.5) is 4.39 Å². The maximum absolute atomic E-state index is 13.0. The number of hydrogen-bond acceptors (Lipinski definition) is 1. The molecule has 0 atom stereocenters. The van der Waals surface area contributed by atoms with Crippen molar-refractivity contribution in [2.45, 2.75) is 13.0 Å². The van der Waals surface area contributed by atoms with Crippen LogP contribution in [0.3, 0.4) is 0 Å². The number of aromatic amines is 1. The highest BCUT2D eigenvalue weighted by Crippen LogP contribution is 2.27. The van der Waals surface area contributed by atoms with Gasteiger partial charge >= 0.3 is 0 Å². The molecule has 1 aliphatic heterocycles. The summed E-state index contributed by atoms with van der Waals surface area (Å²) in [5, 5.41) is 1.18. The first-order valence-corrected chi connectivity index (χ1v) is 5.21. The van der Waals surface area contributed by atoms with E-state index in [1.807, 2.05) is 6.07 Å². The summed E-state index contributed by atoms with van der Waals surface area (Å²) in [6.07, 6.45) is 1.05. The highest BCUT2D eigenvalue weighted by Gasteiger charge is 2.17. The molecule has 0 aliphatic carbocycles. The Morgan fingerprint density at radius 2 is 2.27 bits per heavy atom. The van der Waals surface area contributed by atoms with E-state index in [4.69, 9.17) is 0 Å². The number of nitrogens with zero attached hydrogens (tertiary/aromatic N) is 1. The van der Waals surface area contributed by atoms with Gasteiger partial charge in [-0.05, 0) is 37.2 Å². The molecule has 1 N–H and O–H groups in total. The summed E-state index contributed by atoms with van der Waals surface area (Å²) in [5.41, 5.74) is 3.53. The molecule has 0 saturated carbocycles. The van der Waals surface area contributed by atoms with Gasteiger partial charge in [0.1, 0.15) is 5.82 Å². The van der Waals surface area contributed by atoms with Gasteiger partial charge in [0.25, 0.3) is 0 Å². The Hall–Kier alpha value is -1.35. The van der Waals surface area contributed by atoms with E-state index < -0.39 is 0 Å². The van der Waals surface area contributed by atoms with Gasteiger partial charge in [-0.15, -0.1) is 0 Å². The Labute approximate surface area is 87.7 Å². The second kappa shape index (κ2) is 3.07. The molecule has 0 radical (unpaired) electrons. The molecule has 0 spiro atoms. The maximum atomic E-state index is 13.0. The number of rotatable bonds is 0. The van der Waals surface area contributed by atoms with Gasteiger partial charge in [-0.1, -0.05) is 0 Å². The van der Waals surface area contributed by atoms with Crippen LogP contribution < -0.4 is 0 Å². The largest absolute Gasteiger partial charge is 0.357 e. The van der Waals surface area contributed by atoms with Crippen LogP contribution in [0, 0.1) is 5.82 Å². The third kappa shape index (κ3) is 1.35. The molecule has 1 aliphatic rings. The summed E-state index contributed by atoms with van der Waals surface area (Å²) < 4.78 is 13.0. The van der Waals surface area contributed by atoms with Crippen LogP contribution in [0.5, 0.6) is 0 Å². The normalized spacial score (nSPS) is 16.9. The van der Waals surface area contributed by atoms with Crippen molar-refractivity contribution in [3.8, 4) is 0 Å². The summed E-state index contributed by atoms with van der Waals surface area (Å²) in [5.74, 6) is -0.172. The number of H-pyrrole nitrogens is 1. The summed E-state index contributed by atoms with van der Waals surface area (Å²) in [6, 6.07) is 4.99. The molecule has 2 nitrogen and oxygen atoms in total. The monoisotopic (exact) mass is 204 g/mol. The predicted molar refractivity (Wildman–Crippen MR) is 58.3 cm³/mol. The van der Waals surface area contributed by atoms with Crippen LogP contribution in [0.25, 0.3) is 10.9 Å². The van der Waals surface area contributed by atoms with Crippen molar-refractivity contribution < 1.29 is 4.39 Å². The smallest absolute Gasteiger partial charge is 0.125 e. The predicted octanol–water partition coefficient (Wildman–Crippen LogP) is 2.29. The molecule has 2 aromatic rings. The zero-order chi connectivity index (χ0) is 10.4. The van der Waals surface area contributed by atoms with Crippen molar-refractivity contribution >= 4 is 10.9 Å². The first-order valence-electron chi connectivity index (χ1n) is 5.21. The molecule has 0 bridgehead atoms. The van der Waals surface area contributed by atoms with Crippen LogP contribution in [-0.2, 0) is 13.0 Å². The van der Waals surface area contributed by atoms with E-state index in [9.17, 15) is 4.39 Å². The van der Waals surface area contributed by atoms with Gasteiger partial charge in [0, 0.05) is 29.7 Å². The van der Waals surface area contributed by atoms with Crippen molar-refractivity contribution in [3.05, 3.63) is 35.3 Å². The second-order valence-corrected chi connectivity index (χ2v) is 4.26. The lowest BCUT2D eigenvalue weighted by molar-refractivity contribution is 0.310. The Morgan fingerprint density at radius 1 is 1.40 bits per heavy atom. The summed E-state index contributed by atoms with van der Waals surface area (Å²) in [6.45, 7) is 2.02. The Kier molecular flexibility index (Phi) is 1.83. The molecule has 2 heterocycles. The zero-order valence-corrected chi connectivity index (χ0v) is 8.68. The molecule has 1 aromatic carbocycles. The average molecular weight is 204 g/mol. The molecule has 0 unspecified atom stereocenters. The molecular formula is C12H13FN2. The van der Waals surface area contributed by atoms with Gasteiger partial charge in [-0.25, -0.2) is 4.39 Å². The third-order valence-corrected chi connectivity index (χ3v) is 3.13. The fourth-order valence-corrected chi connectivity index (χ4v) is 2.36. The Balaban J connectivity index is 2.23. The minimum atomic E-state index is -0.172. The molecular weight excluding hydrogens is 191 g/mol. The number of nitrogens with one attached hydrogen (secondary N) is 1. The minimum absolute atomic E-state index is 0.172. The van der Waals surface area contributed by atoms with Crippen molar-refractivity contribution in [1.82, 2.24) is 9.88 Å². The van der Waals surface area contributed by atoms with E-state index in [-0.39, 0.29) is 5.82 Å². The van der Waals surface area contributed by atoms with Crippen LogP contribution in [0.15, 0.2) is 18.2 Å². The van der Waals surface area contributed by atoms with Gasteiger partial charge in [-0.2, -0.15) is 0 Å². The number of hydrogen-bond donors (Lipinski definition) is 1. The molecule has 0 fully saturated rings. The van der Waals surface area contributed by atoms with E-state index in [0.717, 1.165) is 25.0 Å². The van der Waals surface area contributed by atoms with Crippen molar-refractivity contribution in [2.75, 3.05) is 13.6 Å². The van der Waals surface area contributed by atoms with E-state index in [1.165, 1.54) is 22.7 Å². The Bertz CT molecular complexity index is 516. The number of aromatic nitrogens is 1. The van der Waals surface area contributed by atoms with Crippen LogP contribution in [0.1, 0.15) is 11.3 Å². The molecule has 0 saturated heterocycles. The summed E-state index contributed by atoms with van der Waals surface area (Å²) in [7, 11) is 2.11. The molecule has 78 valence electrons. The second-order valence-electron chi connectivity index (χ2n) is 4.26. The van der Waals surface area contributed by atoms with E-state index in [2.05, 4.69) is 16.9 Å². The van der Waals surface area contributed by atoms with Gasteiger partial charge in [0.2, 0.25) is 0 Å².